The third kappa shape index (κ3) is 6.98. The molecule has 0 aliphatic heterocycles. The highest BCUT2D eigenvalue weighted by molar-refractivity contribution is 7.99. The van der Waals surface area contributed by atoms with Gasteiger partial charge in [-0.25, -0.2) is 0 Å². The van der Waals surface area contributed by atoms with Crippen molar-refractivity contribution in [3.05, 3.63) is 0 Å². The van der Waals surface area contributed by atoms with E-state index in [2.05, 4.69) is 12.2 Å². The SMILES string of the molecule is CCCCCSCCCCC(C)(NC1CC1)C(=O)OC. The first-order valence-corrected chi connectivity index (χ1v) is 9.21. The highest BCUT2D eigenvalue weighted by atomic mass is 32.2. The van der Waals surface area contributed by atoms with Crippen LogP contribution in [0.1, 0.15) is 65.2 Å². The van der Waals surface area contributed by atoms with Gasteiger partial charge in [0.25, 0.3) is 0 Å². The monoisotopic (exact) mass is 301 g/mol. The molecule has 1 unspecified atom stereocenters. The lowest BCUT2D eigenvalue weighted by atomic mass is 9.95. The van der Waals surface area contributed by atoms with Gasteiger partial charge in [-0.05, 0) is 50.5 Å². The molecule has 0 radical (unpaired) electrons. The molecule has 20 heavy (non-hydrogen) atoms. The van der Waals surface area contributed by atoms with E-state index in [9.17, 15) is 4.79 Å². The third-order valence-corrected chi connectivity index (χ3v) is 5.00. The smallest absolute Gasteiger partial charge is 0.325 e. The second-order valence-corrected chi connectivity index (χ2v) is 7.24. The summed E-state index contributed by atoms with van der Waals surface area (Å²) in [7, 11) is 1.48. The topological polar surface area (TPSA) is 38.3 Å². The fraction of sp³-hybridized carbons (Fsp3) is 0.938. The van der Waals surface area contributed by atoms with E-state index in [-0.39, 0.29) is 5.97 Å². The van der Waals surface area contributed by atoms with Crippen LogP contribution in [0.4, 0.5) is 0 Å². The summed E-state index contributed by atoms with van der Waals surface area (Å²) in [5.41, 5.74) is -0.483. The van der Waals surface area contributed by atoms with Gasteiger partial charge in [-0.1, -0.05) is 26.2 Å². The summed E-state index contributed by atoms with van der Waals surface area (Å²) in [5.74, 6) is 2.38. The first-order chi connectivity index (χ1) is 9.62. The number of hydrogen-bond donors (Lipinski definition) is 1. The number of ether oxygens (including phenoxy) is 1. The number of carbonyl (C=O) groups is 1. The fourth-order valence-electron chi connectivity index (χ4n) is 2.38. The van der Waals surface area contributed by atoms with Crippen LogP contribution in [0.5, 0.6) is 0 Å². The highest BCUT2D eigenvalue weighted by Gasteiger charge is 2.38. The van der Waals surface area contributed by atoms with E-state index in [1.807, 2.05) is 18.7 Å². The van der Waals surface area contributed by atoms with E-state index in [1.54, 1.807) is 0 Å². The quantitative estimate of drug-likeness (QED) is 0.440. The second-order valence-electron chi connectivity index (χ2n) is 6.02. The predicted octanol–water partition coefficient (Wildman–Crippen LogP) is 3.76. The Hall–Kier alpha value is -0.220. The molecule has 0 aromatic heterocycles. The number of nitrogens with one attached hydrogen (secondary N) is 1. The summed E-state index contributed by atoms with van der Waals surface area (Å²) in [4.78, 5) is 11.9. The molecule has 1 saturated carbocycles. The molecular weight excluding hydrogens is 270 g/mol. The number of hydrogen-bond acceptors (Lipinski definition) is 4. The number of unbranched alkanes of at least 4 members (excludes halogenated alkanes) is 3. The minimum absolute atomic E-state index is 0.111. The van der Waals surface area contributed by atoms with E-state index in [1.165, 1.54) is 57.1 Å². The lowest BCUT2D eigenvalue weighted by molar-refractivity contribution is -0.148. The van der Waals surface area contributed by atoms with Gasteiger partial charge in [0.15, 0.2) is 0 Å². The molecule has 1 atom stereocenters. The highest BCUT2D eigenvalue weighted by Crippen LogP contribution is 2.26. The standard InChI is InChI=1S/C16H31NO2S/c1-4-5-7-12-20-13-8-6-11-16(2,15(18)19-3)17-14-9-10-14/h14,17H,4-13H2,1-3H3. The van der Waals surface area contributed by atoms with Gasteiger partial charge in [0.05, 0.1) is 7.11 Å². The molecule has 0 saturated heterocycles. The van der Waals surface area contributed by atoms with Crippen molar-refractivity contribution in [2.45, 2.75) is 76.8 Å². The molecule has 1 rings (SSSR count). The molecule has 0 amide bonds. The van der Waals surface area contributed by atoms with Crippen molar-refractivity contribution in [1.29, 1.82) is 0 Å². The Morgan fingerprint density at radius 3 is 2.45 bits per heavy atom. The summed E-state index contributed by atoms with van der Waals surface area (Å²) in [5, 5.41) is 3.46. The maximum Gasteiger partial charge on any atom is 0.325 e. The number of methoxy groups -OCH3 is 1. The van der Waals surface area contributed by atoms with E-state index in [0.29, 0.717) is 6.04 Å². The van der Waals surface area contributed by atoms with E-state index < -0.39 is 5.54 Å². The Kier molecular flexibility index (Phi) is 8.62. The number of thioether (sulfide) groups is 1. The van der Waals surface area contributed by atoms with Gasteiger partial charge >= 0.3 is 5.97 Å². The van der Waals surface area contributed by atoms with E-state index in [0.717, 1.165) is 12.8 Å². The van der Waals surface area contributed by atoms with Crippen LogP contribution >= 0.6 is 11.8 Å². The Labute approximate surface area is 128 Å². The molecule has 0 aromatic carbocycles. The summed E-state index contributed by atoms with van der Waals surface area (Å²) < 4.78 is 4.96. The van der Waals surface area contributed by atoms with Crippen LogP contribution < -0.4 is 5.32 Å². The predicted molar refractivity (Wildman–Crippen MR) is 87.3 cm³/mol. The Morgan fingerprint density at radius 1 is 1.25 bits per heavy atom. The van der Waals surface area contributed by atoms with E-state index >= 15 is 0 Å². The fourth-order valence-corrected chi connectivity index (χ4v) is 3.40. The molecule has 0 bridgehead atoms. The van der Waals surface area contributed by atoms with Gasteiger partial charge < -0.3 is 4.74 Å². The van der Waals surface area contributed by atoms with Crippen molar-refractivity contribution in [2.75, 3.05) is 18.6 Å². The Morgan fingerprint density at radius 2 is 1.90 bits per heavy atom. The van der Waals surface area contributed by atoms with Gasteiger partial charge in [-0.3, -0.25) is 10.1 Å². The molecule has 1 aliphatic rings. The van der Waals surface area contributed by atoms with Crippen molar-refractivity contribution >= 4 is 17.7 Å². The van der Waals surface area contributed by atoms with Crippen LogP contribution in [0.25, 0.3) is 0 Å². The van der Waals surface area contributed by atoms with Crippen molar-refractivity contribution < 1.29 is 9.53 Å². The number of carbonyl (C=O) groups excluding carboxylic acids is 1. The zero-order valence-corrected chi connectivity index (χ0v) is 14.2. The molecule has 118 valence electrons. The molecule has 0 spiro atoms. The van der Waals surface area contributed by atoms with Gasteiger partial charge in [-0.15, -0.1) is 0 Å². The van der Waals surface area contributed by atoms with Crippen LogP contribution in [0.2, 0.25) is 0 Å². The van der Waals surface area contributed by atoms with Crippen molar-refractivity contribution in [2.24, 2.45) is 0 Å². The maximum atomic E-state index is 11.9. The molecule has 0 heterocycles. The van der Waals surface area contributed by atoms with Crippen LogP contribution in [-0.2, 0) is 9.53 Å². The van der Waals surface area contributed by atoms with Crippen molar-refractivity contribution in [1.82, 2.24) is 5.32 Å². The molecule has 1 fully saturated rings. The van der Waals surface area contributed by atoms with Crippen LogP contribution in [0.3, 0.4) is 0 Å². The largest absolute Gasteiger partial charge is 0.468 e. The van der Waals surface area contributed by atoms with Crippen molar-refractivity contribution in [3.8, 4) is 0 Å². The molecule has 0 aromatic rings. The Bertz CT molecular complexity index is 282. The average molecular weight is 301 g/mol. The van der Waals surface area contributed by atoms with Crippen LogP contribution in [0.15, 0.2) is 0 Å². The summed E-state index contributed by atoms with van der Waals surface area (Å²) in [6, 6.07) is 0.530. The number of rotatable bonds is 12. The molecule has 1 N–H and O–H groups in total. The summed E-state index contributed by atoms with van der Waals surface area (Å²) in [6.45, 7) is 4.23. The number of esters is 1. The van der Waals surface area contributed by atoms with E-state index in [4.69, 9.17) is 4.74 Å². The van der Waals surface area contributed by atoms with Gasteiger partial charge in [0, 0.05) is 6.04 Å². The maximum absolute atomic E-state index is 11.9. The summed E-state index contributed by atoms with van der Waals surface area (Å²) in [6.07, 6.45) is 9.53. The molecular formula is C16H31NO2S. The second kappa shape index (κ2) is 9.67. The zero-order chi connectivity index (χ0) is 14.8. The minimum Gasteiger partial charge on any atom is -0.468 e. The third-order valence-electron chi connectivity index (χ3n) is 3.84. The minimum atomic E-state index is -0.483. The lowest BCUT2D eigenvalue weighted by Gasteiger charge is -2.28. The molecule has 4 heteroatoms. The lowest BCUT2D eigenvalue weighted by Crippen LogP contribution is -2.51. The molecule has 3 nitrogen and oxygen atoms in total. The Balaban J connectivity index is 2.13. The normalized spacial score (nSPS) is 17.8. The van der Waals surface area contributed by atoms with Gasteiger partial charge in [0.2, 0.25) is 0 Å². The average Bonchev–Trinajstić information content (AvgIpc) is 3.24. The molecule has 1 aliphatic carbocycles. The van der Waals surface area contributed by atoms with Crippen LogP contribution in [0, 0.1) is 0 Å². The van der Waals surface area contributed by atoms with Gasteiger partial charge in [0.1, 0.15) is 5.54 Å². The first-order valence-electron chi connectivity index (χ1n) is 8.06. The summed E-state index contributed by atoms with van der Waals surface area (Å²) >= 11 is 2.05. The first kappa shape index (κ1) is 17.8. The van der Waals surface area contributed by atoms with Crippen LogP contribution in [-0.4, -0.2) is 36.2 Å². The van der Waals surface area contributed by atoms with Crippen molar-refractivity contribution in [3.63, 3.8) is 0 Å². The van der Waals surface area contributed by atoms with Gasteiger partial charge in [-0.2, -0.15) is 11.8 Å². The zero-order valence-electron chi connectivity index (χ0n) is 13.4.